The number of para-hydroxylation sites is 2. The summed E-state index contributed by atoms with van der Waals surface area (Å²) < 4.78 is 11.2. The molecule has 1 aliphatic rings. The molecule has 1 aliphatic heterocycles. The minimum atomic E-state index is -0.979. The van der Waals surface area contributed by atoms with Gasteiger partial charge in [0.2, 0.25) is 11.8 Å². The van der Waals surface area contributed by atoms with Gasteiger partial charge < -0.3 is 14.1 Å². The van der Waals surface area contributed by atoms with Gasteiger partial charge in [-0.3, -0.25) is 14.4 Å². The quantitative estimate of drug-likeness (QED) is 0.232. The minimum Gasteiger partial charge on any atom is -0.497 e. The van der Waals surface area contributed by atoms with E-state index in [9.17, 15) is 14.4 Å². The number of hydrogen-bond donors (Lipinski definition) is 0. The van der Waals surface area contributed by atoms with Gasteiger partial charge in [0.05, 0.1) is 25.3 Å². The van der Waals surface area contributed by atoms with Crippen LogP contribution in [-0.2, 0) is 9.59 Å². The van der Waals surface area contributed by atoms with Gasteiger partial charge >= 0.3 is 0 Å². The van der Waals surface area contributed by atoms with Gasteiger partial charge in [-0.1, -0.05) is 48.5 Å². The molecule has 1 fully saturated rings. The molecule has 6 rings (SSSR count). The molecule has 204 valence electrons. The Bertz CT molecular complexity index is 1710. The van der Waals surface area contributed by atoms with Crippen molar-refractivity contribution in [2.24, 2.45) is 0 Å². The van der Waals surface area contributed by atoms with E-state index in [1.807, 2.05) is 61.5 Å². The Labute approximate surface area is 236 Å². The van der Waals surface area contributed by atoms with E-state index in [1.165, 1.54) is 12.0 Å². The molecule has 0 radical (unpaired) electrons. The first-order valence-electron chi connectivity index (χ1n) is 13.3. The predicted octanol–water partition coefficient (Wildman–Crippen LogP) is 6.04. The summed E-state index contributed by atoms with van der Waals surface area (Å²) in [6.07, 6.45) is -0.126. The van der Waals surface area contributed by atoms with Gasteiger partial charge in [-0.25, -0.2) is 9.88 Å². The highest BCUT2D eigenvalue weighted by Crippen LogP contribution is 2.34. The number of methoxy groups -OCH3 is 1. The summed E-state index contributed by atoms with van der Waals surface area (Å²) in [4.78, 5) is 48.3. The van der Waals surface area contributed by atoms with Gasteiger partial charge in [-0.05, 0) is 67.1 Å². The maximum absolute atomic E-state index is 14.0. The third kappa shape index (κ3) is 4.84. The molecule has 1 saturated heterocycles. The molecule has 2 heterocycles. The Balaban J connectivity index is 1.32. The number of carbonyl (C=O) groups excluding carboxylic acids is 3. The highest BCUT2D eigenvalue weighted by Gasteiger charge is 2.46. The fraction of sp³-hybridized carbons (Fsp3) is 0.152. The van der Waals surface area contributed by atoms with Crippen LogP contribution < -0.4 is 9.64 Å². The number of aromatic nitrogens is 1. The van der Waals surface area contributed by atoms with Crippen LogP contribution in [0.2, 0.25) is 0 Å². The number of carbonyl (C=O) groups is 3. The summed E-state index contributed by atoms with van der Waals surface area (Å²) in [5.74, 6) is -0.222. The molecular weight excluding hydrogens is 518 g/mol. The average Bonchev–Trinajstić information content (AvgIpc) is 3.58. The lowest BCUT2D eigenvalue weighted by Gasteiger charge is -2.33. The number of hydrogen-bond acceptors (Lipinski definition) is 6. The first kappa shape index (κ1) is 26.0. The monoisotopic (exact) mass is 545 g/mol. The molecule has 8 nitrogen and oxygen atoms in total. The maximum atomic E-state index is 14.0. The van der Waals surface area contributed by atoms with Gasteiger partial charge in [-0.15, -0.1) is 0 Å². The molecule has 0 spiro atoms. The number of imide groups is 1. The normalized spacial score (nSPS) is 15.8. The van der Waals surface area contributed by atoms with Crippen LogP contribution in [-0.4, -0.2) is 40.8 Å². The molecule has 0 bridgehead atoms. The average molecular weight is 546 g/mol. The number of amides is 3. The van der Waals surface area contributed by atoms with Crippen LogP contribution in [0.5, 0.6) is 5.75 Å². The van der Waals surface area contributed by atoms with Crippen molar-refractivity contribution in [2.75, 3.05) is 12.0 Å². The third-order valence-corrected chi connectivity index (χ3v) is 7.38. The van der Waals surface area contributed by atoms with E-state index in [0.29, 0.717) is 34.0 Å². The van der Waals surface area contributed by atoms with Crippen molar-refractivity contribution in [2.45, 2.75) is 25.4 Å². The number of oxazole rings is 1. The SMILES string of the molecule is COc1cccc(C(=O)N(C2CC(=O)N(c3ccc(-c4nc5ccccc5o4)cc3)C2=O)C(C)c2ccccc2)c1. The molecule has 1 aromatic heterocycles. The summed E-state index contributed by atoms with van der Waals surface area (Å²) in [7, 11) is 1.53. The van der Waals surface area contributed by atoms with Crippen molar-refractivity contribution < 1.29 is 23.5 Å². The second kappa shape index (κ2) is 10.7. The Morgan fingerprint density at radius 3 is 2.41 bits per heavy atom. The molecule has 41 heavy (non-hydrogen) atoms. The van der Waals surface area contributed by atoms with Crippen molar-refractivity contribution in [1.29, 1.82) is 0 Å². The van der Waals surface area contributed by atoms with Gasteiger partial charge in [0.25, 0.3) is 11.8 Å². The Morgan fingerprint density at radius 1 is 0.951 bits per heavy atom. The van der Waals surface area contributed by atoms with Gasteiger partial charge in [-0.2, -0.15) is 0 Å². The van der Waals surface area contributed by atoms with Crippen molar-refractivity contribution in [3.05, 3.63) is 114 Å². The van der Waals surface area contributed by atoms with Gasteiger partial charge in [0, 0.05) is 11.1 Å². The van der Waals surface area contributed by atoms with Crippen LogP contribution in [0.3, 0.4) is 0 Å². The molecular formula is C33H27N3O5. The van der Waals surface area contributed by atoms with Gasteiger partial charge in [0.1, 0.15) is 17.3 Å². The number of rotatable bonds is 7. The molecule has 3 amide bonds. The highest BCUT2D eigenvalue weighted by molar-refractivity contribution is 6.23. The minimum absolute atomic E-state index is 0.126. The molecule has 4 aromatic carbocycles. The standard InChI is InChI=1S/C33H27N3O5/c1-21(22-9-4-3-5-10-22)35(32(38)24-11-8-12-26(19-24)40-2)28-20-30(37)36(33(28)39)25-17-15-23(16-18-25)31-34-27-13-6-7-14-29(27)41-31/h3-19,21,28H,20H2,1-2H3. The summed E-state index contributed by atoms with van der Waals surface area (Å²) in [5, 5.41) is 0. The van der Waals surface area contributed by atoms with E-state index in [2.05, 4.69) is 4.98 Å². The smallest absolute Gasteiger partial charge is 0.257 e. The second-order valence-electron chi connectivity index (χ2n) is 9.85. The fourth-order valence-corrected chi connectivity index (χ4v) is 5.24. The summed E-state index contributed by atoms with van der Waals surface area (Å²) in [6, 6.07) is 29.2. The van der Waals surface area contributed by atoms with Crippen molar-refractivity contribution in [3.63, 3.8) is 0 Å². The van der Waals surface area contributed by atoms with Crippen molar-refractivity contribution >= 4 is 34.5 Å². The number of fused-ring (bicyclic) bond motifs is 1. The number of ether oxygens (including phenoxy) is 1. The van der Waals surface area contributed by atoms with Crippen LogP contribution in [0.1, 0.15) is 35.3 Å². The maximum Gasteiger partial charge on any atom is 0.257 e. The largest absolute Gasteiger partial charge is 0.497 e. The Hall–Kier alpha value is -5.24. The third-order valence-electron chi connectivity index (χ3n) is 7.38. The second-order valence-corrected chi connectivity index (χ2v) is 9.85. The van der Waals surface area contributed by atoms with Gasteiger partial charge in [0.15, 0.2) is 5.58 Å². The molecule has 8 heteroatoms. The lowest BCUT2D eigenvalue weighted by atomic mass is 10.0. The van der Waals surface area contributed by atoms with Crippen LogP contribution in [0.25, 0.3) is 22.6 Å². The highest BCUT2D eigenvalue weighted by atomic mass is 16.5. The molecule has 0 aliphatic carbocycles. The number of benzene rings is 4. The summed E-state index contributed by atoms with van der Waals surface area (Å²) >= 11 is 0. The van der Waals surface area contributed by atoms with Crippen LogP contribution in [0.15, 0.2) is 108 Å². The zero-order valence-electron chi connectivity index (χ0n) is 22.6. The summed E-state index contributed by atoms with van der Waals surface area (Å²) in [6.45, 7) is 1.86. The molecule has 5 aromatic rings. The summed E-state index contributed by atoms with van der Waals surface area (Å²) in [5.41, 5.74) is 3.77. The first-order chi connectivity index (χ1) is 19.9. The Kier molecular flexibility index (Phi) is 6.81. The van der Waals surface area contributed by atoms with Crippen LogP contribution in [0, 0.1) is 0 Å². The lowest BCUT2D eigenvalue weighted by molar-refractivity contribution is -0.122. The van der Waals surface area contributed by atoms with E-state index < -0.39 is 18.0 Å². The fourth-order valence-electron chi connectivity index (χ4n) is 5.24. The lowest BCUT2D eigenvalue weighted by Crippen LogP contribution is -2.46. The molecule has 2 unspecified atom stereocenters. The molecule has 2 atom stereocenters. The number of anilines is 1. The zero-order chi connectivity index (χ0) is 28.5. The molecule has 0 N–H and O–H groups in total. The van der Waals surface area contributed by atoms with E-state index in [1.54, 1.807) is 48.5 Å². The van der Waals surface area contributed by atoms with Crippen LogP contribution in [0.4, 0.5) is 5.69 Å². The van der Waals surface area contributed by atoms with Crippen molar-refractivity contribution in [3.8, 4) is 17.2 Å². The van der Waals surface area contributed by atoms with E-state index in [4.69, 9.17) is 9.15 Å². The number of nitrogens with zero attached hydrogens (tertiary/aromatic N) is 3. The first-order valence-corrected chi connectivity index (χ1v) is 13.3. The van der Waals surface area contributed by atoms with E-state index in [0.717, 1.165) is 16.0 Å². The zero-order valence-corrected chi connectivity index (χ0v) is 22.6. The predicted molar refractivity (Wildman–Crippen MR) is 154 cm³/mol. The van der Waals surface area contributed by atoms with E-state index >= 15 is 0 Å². The van der Waals surface area contributed by atoms with E-state index in [-0.39, 0.29) is 18.2 Å². The molecule has 0 saturated carbocycles. The Morgan fingerprint density at radius 2 is 1.68 bits per heavy atom. The topological polar surface area (TPSA) is 92.9 Å². The van der Waals surface area contributed by atoms with Crippen LogP contribution >= 0.6 is 0 Å². The van der Waals surface area contributed by atoms with Crippen molar-refractivity contribution in [1.82, 2.24) is 9.88 Å².